The van der Waals surface area contributed by atoms with Gasteiger partial charge in [0.2, 0.25) is 0 Å². The summed E-state index contributed by atoms with van der Waals surface area (Å²) >= 11 is 0. The number of nitrogens with one attached hydrogen (secondary N) is 2. The zero-order valence-electron chi connectivity index (χ0n) is 10.4. The first-order valence-electron chi connectivity index (χ1n) is 5.83. The summed E-state index contributed by atoms with van der Waals surface area (Å²) in [5, 5.41) is 25.1. The van der Waals surface area contributed by atoms with E-state index in [1.807, 2.05) is 6.07 Å². The van der Waals surface area contributed by atoms with Crippen LogP contribution in [0.3, 0.4) is 0 Å². The van der Waals surface area contributed by atoms with Crippen LogP contribution in [0.25, 0.3) is 0 Å². The standard InChI is InChI=1S/C14H13N3O3/c18-12-8-4-5-10(13(12)19)9-15-17-14(20)16-11-6-2-1-3-7-11/h1-9,18-19H,(H2,16,17,20)/b15-9-. The SMILES string of the molecule is O=C(N/N=C\c1cccc(O)c1O)Nc1ccccc1. The van der Waals surface area contributed by atoms with Gasteiger partial charge in [0.15, 0.2) is 11.5 Å². The van der Waals surface area contributed by atoms with Crippen LogP contribution in [0.15, 0.2) is 53.6 Å². The number of anilines is 1. The maximum Gasteiger partial charge on any atom is 0.339 e. The van der Waals surface area contributed by atoms with Crippen LogP contribution in [0.5, 0.6) is 11.5 Å². The first-order chi connectivity index (χ1) is 9.66. The number of phenols is 2. The van der Waals surface area contributed by atoms with Gasteiger partial charge in [0, 0.05) is 11.3 Å². The number of hydrazone groups is 1. The van der Waals surface area contributed by atoms with Crippen molar-refractivity contribution >= 4 is 17.9 Å². The van der Waals surface area contributed by atoms with E-state index in [-0.39, 0.29) is 11.5 Å². The van der Waals surface area contributed by atoms with Crippen molar-refractivity contribution in [2.75, 3.05) is 5.32 Å². The van der Waals surface area contributed by atoms with E-state index in [1.165, 1.54) is 12.3 Å². The minimum Gasteiger partial charge on any atom is -0.504 e. The molecule has 6 heteroatoms. The summed E-state index contributed by atoms with van der Waals surface area (Å²) < 4.78 is 0. The molecule has 0 radical (unpaired) electrons. The number of aromatic hydroxyl groups is 2. The van der Waals surface area contributed by atoms with Gasteiger partial charge in [-0.1, -0.05) is 24.3 Å². The molecule has 2 amide bonds. The average molecular weight is 271 g/mol. The fourth-order valence-electron chi connectivity index (χ4n) is 1.49. The minimum atomic E-state index is -0.507. The second-order valence-electron chi connectivity index (χ2n) is 3.91. The summed E-state index contributed by atoms with van der Waals surface area (Å²) in [6.07, 6.45) is 1.24. The smallest absolute Gasteiger partial charge is 0.339 e. The van der Waals surface area contributed by atoms with Crippen LogP contribution in [0.4, 0.5) is 10.5 Å². The van der Waals surface area contributed by atoms with Gasteiger partial charge < -0.3 is 15.5 Å². The molecule has 6 nitrogen and oxygen atoms in total. The van der Waals surface area contributed by atoms with Crippen molar-refractivity contribution in [3.05, 3.63) is 54.1 Å². The van der Waals surface area contributed by atoms with E-state index in [4.69, 9.17) is 0 Å². The summed E-state index contributed by atoms with van der Waals surface area (Å²) in [6.45, 7) is 0. The summed E-state index contributed by atoms with van der Waals surface area (Å²) in [5.74, 6) is -0.538. The largest absolute Gasteiger partial charge is 0.504 e. The van der Waals surface area contributed by atoms with Crippen molar-refractivity contribution in [2.24, 2.45) is 5.10 Å². The highest BCUT2D eigenvalue weighted by molar-refractivity contribution is 5.91. The van der Waals surface area contributed by atoms with Gasteiger partial charge >= 0.3 is 6.03 Å². The Hall–Kier alpha value is -3.02. The fourth-order valence-corrected chi connectivity index (χ4v) is 1.49. The van der Waals surface area contributed by atoms with Gasteiger partial charge in [0.1, 0.15) is 0 Å². The molecule has 2 aromatic carbocycles. The Bertz CT molecular complexity index is 627. The Kier molecular flexibility index (Phi) is 4.18. The lowest BCUT2D eigenvalue weighted by atomic mass is 10.2. The number of nitrogens with zero attached hydrogens (tertiary/aromatic N) is 1. The van der Waals surface area contributed by atoms with Crippen LogP contribution in [0, 0.1) is 0 Å². The minimum absolute atomic E-state index is 0.248. The number of carbonyl (C=O) groups excluding carboxylic acids is 1. The zero-order chi connectivity index (χ0) is 14.4. The third-order valence-electron chi connectivity index (χ3n) is 2.45. The molecule has 0 fully saturated rings. The lowest BCUT2D eigenvalue weighted by Gasteiger charge is -2.03. The van der Waals surface area contributed by atoms with Crippen molar-refractivity contribution in [2.45, 2.75) is 0 Å². The van der Waals surface area contributed by atoms with Crippen molar-refractivity contribution in [3.63, 3.8) is 0 Å². The highest BCUT2D eigenvalue weighted by Crippen LogP contribution is 2.26. The van der Waals surface area contributed by atoms with Gasteiger partial charge in [-0.2, -0.15) is 5.10 Å². The lowest BCUT2D eigenvalue weighted by molar-refractivity contribution is 0.252. The summed E-state index contributed by atoms with van der Waals surface area (Å²) in [6, 6.07) is 12.9. The molecular weight excluding hydrogens is 258 g/mol. The molecule has 0 bridgehead atoms. The van der Waals surface area contributed by atoms with E-state index in [2.05, 4.69) is 15.8 Å². The Morgan fingerprint density at radius 3 is 2.55 bits per heavy atom. The number of urea groups is 1. The van der Waals surface area contributed by atoms with Crippen LogP contribution >= 0.6 is 0 Å². The Labute approximate surface area is 115 Å². The van der Waals surface area contributed by atoms with Gasteiger partial charge in [-0.15, -0.1) is 0 Å². The third-order valence-corrected chi connectivity index (χ3v) is 2.45. The second kappa shape index (κ2) is 6.24. The maximum absolute atomic E-state index is 11.5. The highest BCUT2D eigenvalue weighted by Gasteiger charge is 2.03. The van der Waals surface area contributed by atoms with Crippen molar-refractivity contribution in [3.8, 4) is 11.5 Å². The van der Waals surface area contributed by atoms with Crippen LogP contribution in [0.2, 0.25) is 0 Å². The van der Waals surface area contributed by atoms with Crippen molar-refractivity contribution < 1.29 is 15.0 Å². The van der Waals surface area contributed by atoms with E-state index in [0.29, 0.717) is 11.3 Å². The molecule has 0 aliphatic heterocycles. The second-order valence-corrected chi connectivity index (χ2v) is 3.91. The van der Waals surface area contributed by atoms with Crippen LogP contribution < -0.4 is 10.7 Å². The van der Waals surface area contributed by atoms with Crippen LogP contribution in [-0.4, -0.2) is 22.5 Å². The molecule has 0 atom stereocenters. The average Bonchev–Trinajstić information content (AvgIpc) is 2.44. The number of hydrogen-bond donors (Lipinski definition) is 4. The molecule has 0 spiro atoms. The van der Waals surface area contributed by atoms with E-state index >= 15 is 0 Å². The molecular formula is C14H13N3O3. The molecule has 2 aromatic rings. The fraction of sp³-hybridized carbons (Fsp3) is 0. The Morgan fingerprint density at radius 2 is 1.80 bits per heavy atom. The molecule has 2 rings (SSSR count). The number of hydrogen-bond acceptors (Lipinski definition) is 4. The van der Waals surface area contributed by atoms with E-state index < -0.39 is 6.03 Å². The predicted molar refractivity (Wildman–Crippen MR) is 76.0 cm³/mol. The van der Waals surface area contributed by atoms with Gasteiger partial charge in [-0.25, -0.2) is 10.2 Å². The van der Waals surface area contributed by atoms with Gasteiger partial charge in [0.05, 0.1) is 6.21 Å². The third kappa shape index (κ3) is 3.49. The molecule has 0 saturated heterocycles. The summed E-state index contributed by atoms with van der Waals surface area (Å²) in [7, 11) is 0. The number of amides is 2. The number of para-hydroxylation sites is 2. The Morgan fingerprint density at radius 1 is 1.05 bits per heavy atom. The molecule has 0 heterocycles. The summed E-state index contributed by atoms with van der Waals surface area (Å²) in [5.41, 5.74) is 3.19. The quantitative estimate of drug-likeness (QED) is 0.392. The molecule has 0 aromatic heterocycles. The highest BCUT2D eigenvalue weighted by atomic mass is 16.3. The molecule has 20 heavy (non-hydrogen) atoms. The molecule has 0 unspecified atom stereocenters. The Balaban J connectivity index is 1.93. The van der Waals surface area contributed by atoms with Crippen LogP contribution in [-0.2, 0) is 0 Å². The normalized spacial score (nSPS) is 10.4. The lowest BCUT2D eigenvalue weighted by Crippen LogP contribution is -2.24. The number of carbonyl (C=O) groups is 1. The summed E-state index contributed by atoms with van der Waals surface area (Å²) in [4.78, 5) is 11.5. The first kappa shape index (κ1) is 13.4. The monoisotopic (exact) mass is 271 g/mol. The van der Waals surface area contributed by atoms with Crippen LogP contribution in [0.1, 0.15) is 5.56 Å². The van der Waals surface area contributed by atoms with Crippen molar-refractivity contribution in [1.82, 2.24) is 5.43 Å². The zero-order valence-corrected chi connectivity index (χ0v) is 10.4. The van der Waals surface area contributed by atoms with E-state index in [9.17, 15) is 15.0 Å². The first-order valence-corrected chi connectivity index (χ1v) is 5.83. The molecule has 0 aliphatic rings. The number of phenolic OH excluding ortho intramolecular Hbond substituents is 2. The molecule has 0 aliphatic carbocycles. The molecule has 0 saturated carbocycles. The number of benzene rings is 2. The maximum atomic E-state index is 11.5. The van der Waals surface area contributed by atoms with Crippen molar-refractivity contribution in [1.29, 1.82) is 0 Å². The predicted octanol–water partition coefficient (Wildman–Crippen LogP) is 2.25. The molecule has 102 valence electrons. The topological polar surface area (TPSA) is 94.0 Å². The van der Waals surface area contributed by atoms with Gasteiger partial charge in [-0.3, -0.25) is 0 Å². The van der Waals surface area contributed by atoms with E-state index in [0.717, 1.165) is 0 Å². The number of rotatable bonds is 3. The van der Waals surface area contributed by atoms with E-state index in [1.54, 1.807) is 36.4 Å². The van der Waals surface area contributed by atoms with Gasteiger partial charge in [-0.05, 0) is 24.3 Å². The van der Waals surface area contributed by atoms with Gasteiger partial charge in [0.25, 0.3) is 0 Å². The molecule has 4 N–H and O–H groups in total.